The van der Waals surface area contributed by atoms with Crippen LogP contribution in [0.4, 0.5) is 0 Å². The summed E-state index contributed by atoms with van der Waals surface area (Å²) in [7, 11) is -3.54. The van der Waals surface area contributed by atoms with Gasteiger partial charge in [-0.25, -0.2) is 13.1 Å². The Morgan fingerprint density at radius 1 is 1.33 bits per heavy atom. The molecule has 0 heterocycles. The Labute approximate surface area is 129 Å². The average molecular weight is 329 g/mol. The van der Waals surface area contributed by atoms with Crippen LogP contribution < -0.4 is 4.72 Å². The summed E-state index contributed by atoms with van der Waals surface area (Å²) >= 11 is 1.71. The molecule has 5 nitrogen and oxygen atoms in total. The number of carbonyl (C=O) groups is 1. The molecule has 1 aromatic carbocycles. The summed E-state index contributed by atoms with van der Waals surface area (Å²) in [5.74, 6) is -0.935. The van der Waals surface area contributed by atoms with Crippen molar-refractivity contribution in [2.24, 2.45) is 0 Å². The molecule has 1 aromatic rings. The molecule has 0 bridgehead atoms. The molecule has 0 atom stereocenters. The van der Waals surface area contributed by atoms with Crippen LogP contribution in [0.5, 0.6) is 0 Å². The number of rotatable bonds is 7. The standard InChI is InChI=1S/C14H19NO4S2/c1-20-14(7-2-8-14)10-15-21(18,19)12-5-3-11(4-6-12)9-13(16)17/h3-6,15H,2,7-10H2,1H3,(H,16,17). The highest BCUT2D eigenvalue weighted by atomic mass is 32.2. The second kappa shape index (κ2) is 6.37. The van der Waals surface area contributed by atoms with E-state index in [0.29, 0.717) is 12.1 Å². The van der Waals surface area contributed by atoms with E-state index in [-0.39, 0.29) is 16.1 Å². The molecule has 0 unspecified atom stereocenters. The number of carboxylic acid groups (broad SMARTS) is 1. The van der Waals surface area contributed by atoms with Gasteiger partial charge in [0.15, 0.2) is 0 Å². The molecule has 0 amide bonds. The first-order valence-corrected chi connectivity index (χ1v) is 9.43. The zero-order valence-corrected chi connectivity index (χ0v) is 13.5. The SMILES string of the molecule is CSC1(CNS(=O)(=O)c2ccc(CC(=O)O)cc2)CCC1. The van der Waals surface area contributed by atoms with E-state index in [1.54, 1.807) is 11.8 Å². The van der Waals surface area contributed by atoms with Gasteiger partial charge in [-0.2, -0.15) is 11.8 Å². The molecule has 1 fully saturated rings. The van der Waals surface area contributed by atoms with Crippen molar-refractivity contribution in [2.75, 3.05) is 12.8 Å². The minimum absolute atomic E-state index is 0.0380. The summed E-state index contributed by atoms with van der Waals surface area (Å²) in [5.41, 5.74) is 0.584. The Hall–Kier alpha value is -1.05. The van der Waals surface area contributed by atoms with Crippen LogP contribution in [0.25, 0.3) is 0 Å². The van der Waals surface area contributed by atoms with Gasteiger partial charge in [0.05, 0.1) is 11.3 Å². The molecule has 21 heavy (non-hydrogen) atoms. The van der Waals surface area contributed by atoms with E-state index in [0.717, 1.165) is 19.3 Å². The van der Waals surface area contributed by atoms with Crippen LogP contribution in [0.15, 0.2) is 29.2 Å². The lowest BCUT2D eigenvalue weighted by molar-refractivity contribution is -0.136. The summed E-state index contributed by atoms with van der Waals surface area (Å²) in [6.07, 6.45) is 5.12. The van der Waals surface area contributed by atoms with Gasteiger partial charge in [-0.15, -0.1) is 0 Å². The molecular weight excluding hydrogens is 310 g/mol. The molecule has 1 aliphatic rings. The molecule has 0 aromatic heterocycles. The quantitative estimate of drug-likeness (QED) is 0.798. The van der Waals surface area contributed by atoms with Gasteiger partial charge >= 0.3 is 5.97 Å². The second-order valence-electron chi connectivity index (χ2n) is 5.28. The molecule has 2 N–H and O–H groups in total. The number of thioether (sulfide) groups is 1. The van der Waals surface area contributed by atoms with Crippen LogP contribution in [-0.4, -0.2) is 37.0 Å². The maximum Gasteiger partial charge on any atom is 0.307 e. The number of benzene rings is 1. The first-order valence-electron chi connectivity index (χ1n) is 6.72. The molecular formula is C14H19NO4S2. The van der Waals surface area contributed by atoms with E-state index in [9.17, 15) is 13.2 Å². The highest BCUT2D eigenvalue weighted by Crippen LogP contribution is 2.42. The Morgan fingerprint density at radius 3 is 2.38 bits per heavy atom. The minimum Gasteiger partial charge on any atom is -0.481 e. The maximum absolute atomic E-state index is 12.2. The third kappa shape index (κ3) is 3.99. The number of carboxylic acids is 1. The third-order valence-electron chi connectivity index (χ3n) is 3.87. The van der Waals surface area contributed by atoms with Crippen molar-refractivity contribution >= 4 is 27.8 Å². The molecule has 0 spiro atoms. The number of hydrogen-bond donors (Lipinski definition) is 2. The lowest BCUT2D eigenvalue weighted by Gasteiger charge is -2.40. The number of hydrogen-bond acceptors (Lipinski definition) is 4. The Bertz CT molecular complexity index is 601. The van der Waals surface area contributed by atoms with E-state index < -0.39 is 16.0 Å². The van der Waals surface area contributed by atoms with Crippen molar-refractivity contribution in [3.8, 4) is 0 Å². The summed E-state index contributed by atoms with van der Waals surface area (Å²) < 4.78 is 27.2. The largest absolute Gasteiger partial charge is 0.481 e. The van der Waals surface area contributed by atoms with E-state index in [4.69, 9.17) is 5.11 Å². The topological polar surface area (TPSA) is 83.5 Å². The van der Waals surface area contributed by atoms with Gasteiger partial charge in [0.1, 0.15) is 0 Å². The van der Waals surface area contributed by atoms with Gasteiger partial charge < -0.3 is 5.11 Å². The number of sulfonamides is 1. The monoisotopic (exact) mass is 329 g/mol. The number of aliphatic carboxylic acids is 1. The predicted molar refractivity (Wildman–Crippen MR) is 83.1 cm³/mol. The third-order valence-corrected chi connectivity index (χ3v) is 6.71. The molecule has 7 heteroatoms. The lowest BCUT2D eigenvalue weighted by atomic mass is 9.84. The predicted octanol–water partition coefficient (Wildman–Crippen LogP) is 1.88. The Balaban J connectivity index is 2.03. The average Bonchev–Trinajstić information content (AvgIpc) is 2.38. The molecule has 1 saturated carbocycles. The Kier molecular flexibility index (Phi) is 4.95. The molecule has 0 saturated heterocycles. The fraction of sp³-hybridized carbons (Fsp3) is 0.500. The van der Waals surface area contributed by atoms with E-state index in [2.05, 4.69) is 4.72 Å². The van der Waals surface area contributed by atoms with E-state index >= 15 is 0 Å². The van der Waals surface area contributed by atoms with Gasteiger partial charge in [0.2, 0.25) is 10.0 Å². The molecule has 116 valence electrons. The van der Waals surface area contributed by atoms with Crippen LogP contribution >= 0.6 is 11.8 Å². The molecule has 2 rings (SSSR count). The minimum atomic E-state index is -3.54. The number of nitrogens with one attached hydrogen (secondary N) is 1. The fourth-order valence-corrected chi connectivity index (χ4v) is 4.43. The molecule has 0 radical (unpaired) electrons. The highest BCUT2D eigenvalue weighted by Gasteiger charge is 2.37. The van der Waals surface area contributed by atoms with Crippen molar-refractivity contribution in [1.29, 1.82) is 0 Å². The van der Waals surface area contributed by atoms with Crippen molar-refractivity contribution in [3.63, 3.8) is 0 Å². The smallest absolute Gasteiger partial charge is 0.307 e. The van der Waals surface area contributed by atoms with Gasteiger partial charge in [-0.3, -0.25) is 4.79 Å². The van der Waals surface area contributed by atoms with Crippen LogP contribution in [-0.2, 0) is 21.2 Å². The normalized spacial score (nSPS) is 17.2. The first-order chi connectivity index (χ1) is 9.87. The van der Waals surface area contributed by atoms with Crippen LogP contribution in [0, 0.1) is 0 Å². The Morgan fingerprint density at radius 2 is 1.95 bits per heavy atom. The lowest BCUT2D eigenvalue weighted by Crippen LogP contribution is -2.45. The molecule has 1 aliphatic carbocycles. The summed E-state index contributed by atoms with van der Waals surface area (Å²) in [6, 6.07) is 5.98. The zero-order chi connectivity index (χ0) is 15.5. The van der Waals surface area contributed by atoms with Gasteiger partial charge in [-0.05, 0) is 36.8 Å². The first kappa shape index (κ1) is 16.3. The van der Waals surface area contributed by atoms with Gasteiger partial charge in [0.25, 0.3) is 0 Å². The highest BCUT2D eigenvalue weighted by molar-refractivity contribution is 8.00. The van der Waals surface area contributed by atoms with E-state index in [1.807, 2.05) is 6.26 Å². The summed E-state index contributed by atoms with van der Waals surface area (Å²) in [5, 5.41) is 8.70. The second-order valence-corrected chi connectivity index (χ2v) is 8.32. The summed E-state index contributed by atoms with van der Waals surface area (Å²) in [6.45, 7) is 0.438. The van der Waals surface area contributed by atoms with Gasteiger partial charge in [-0.1, -0.05) is 18.6 Å². The van der Waals surface area contributed by atoms with Crippen molar-refractivity contribution in [1.82, 2.24) is 4.72 Å². The van der Waals surface area contributed by atoms with Crippen molar-refractivity contribution in [2.45, 2.75) is 35.3 Å². The van der Waals surface area contributed by atoms with Crippen LogP contribution in [0.2, 0.25) is 0 Å². The zero-order valence-electron chi connectivity index (χ0n) is 11.8. The maximum atomic E-state index is 12.2. The van der Waals surface area contributed by atoms with E-state index in [1.165, 1.54) is 24.3 Å². The van der Waals surface area contributed by atoms with Crippen molar-refractivity contribution in [3.05, 3.63) is 29.8 Å². The fourth-order valence-electron chi connectivity index (χ4n) is 2.30. The van der Waals surface area contributed by atoms with Gasteiger partial charge in [0, 0.05) is 11.3 Å². The van der Waals surface area contributed by atoms with Crippen LogP contribution in [0.1, 0.15) is 24.8 Å². The summed E-state index contributed by atoms with van der Waals surface area (Å²) in [4.78, 5) is 10.8. The van der Waals surface area contributed by atoms with Crippen LogP contribution in [0.3, 0.4) is 0 Å². The molecule has 0 aliphatic heterocycles. The van der Waals surface area contributed by atoms with Crippen molar-refractivity contribution < 1.29 is 18.3 Å².